The van der Waals surface area contributed by atoms with Crippen molar-refractivity contribution in [2.75, 3.05) is 18.4 Å². The molecule has 0 bridgehead atoms. The fourth-order valence-electron chi connectivity index (χ4n) is 5.01. The highest BCUT2D eigenvalue weighted by molar-refractivity contribution is 7.99. The fraction of sp³-hybridized carbons (Fsp3) is 0.357. The molecule has 4 aromatic heterocycles. The van der Waals surface area contributed by atoms with E-state index >= 15 is 0 Å². The summed E-state index contributed by atoms with van der Waals surface area (Å²) in [7, 11) is 0. The van der Waals surface area contributed by atoms with E-state index < -0.39 is 12.5 Å². The number of piperidine rings is 1. The number of nitrogens with one attached hydrogen (secondary N) is 2. The predicted octanol–water partition coefficient (Wildman–Crippen LogP) is 4.51. The SMILES string of the molecule is CC(C)Sc1ccc(OC(F)F)c(-c2nn(Cc3cn(C4CCNCC4)nn3)cc2NC(=O)c2cnn3cccnc23)c1. The molecule has 6 rings (SSSR count). The van der Waals surface area contributed by atoms with Gasteiger partial charge in [-0.1, -0.05) is 19.1 Å². The normalized spacial score (nSPS) is 14.2. The molecule has 0 radical (unpaired) electrons. The zero-order valence-corrected chi connectivity index (χ0v) is 24.3. The summed E-state index contributed by atoms with van der Waals surface area (Å²) in [5, 5.41) is 24.1. The van der Waals surface area contributed by atoms with Crippen LogP contribution in [0.3, 0.4) is 0 Å². The fourth-order valence-corrected chi connectivity index (χ4v) is 5.89. The number of thioether (sulfide) groups is 1. The van der Waals surface area contributed by atoms with Gasteiger partial charge in [0.25, 0.3) is 5.91 Å². The van der Waals surface area contributed by atoms with Crippen molar-refractivity contribution >= 4 is 29.0 Å². The van der Waals surface area contributed by atoms with Crippen LogP contribution in [0.1, 0.15) is 48.8 Å². The first kappa shape index (κ1) is 28.7. The number of anilines is 1. The van der Waals surface area contributed by atoms with Crippen molar-refractivity contribution in [2.24, 2.45) is 0 Å². The van der Waals surface area contributed by atoms with Crippen LogP contribution in [0.15, 0.2) is 60.1 Å². The minimum atomic E-state index is -3.04. The number of hydrogen-bond donors (Lipinski definition) is 2. The number of fused-ring (bicyclic) bond motifs is 1. The van der Waals surface area contributed by atoms with Crippen molar-refractivity contribution < 1.29 is 18.3 Å². The molecule has 1 aromatic carbocycles. The lowest BCUT2D eigenvalue weighted by Gasteiger charge is -2.22. The number of rotatable bonds is 10. The van der Waals surface area contributed by atoms with Crippen LogP contribution in [-0.4, -0.2) is 70.2 Å². The summed E-state index contributed by atoms with van der Waals surface area (Å²) in [4.78, 5) is 18.6. The predicted molar refractivity (Wildman–Crippen MR) is 156 cm³/mol. The Kier molecular flexibility index (Phi) is 8.33. The average Bonchev–Trinajstić information content (AvgIpc) is 3.73. The van der Waals surface area contributed by atoms with Crippen molar-refractivity contribution in [3.05, 3.63) is 66.5 Å². The Hall–Kier alpha value is -4.37. The second-order valence-corrected chi connectivity index (χ2v) is 12.0. The van der Waals surface area contributed by atoms with E-state index in [9.17, 15) is 13.6 Å². The van der Waals surface area contributed by atoms with Crippen molar-refractivity contribution in [3.63, 3.8) is 0 Å². The summed E-state index contributed by atoms with van der Waals surface area (Å²) in [5.41, 5.74) is 2.18. The average molecular weight is 609 g/mol. The molecule has 0 aliphatic carbocycles. The van der Waals surface area contributed by atoms with E-state index in [1.165, 1.54) is 16.8 Å². The Bertz CT molecular complexity index is 1730. The first-order chi connectivity index (χ1) is 20.8. The number of halogens is 2. The molecule has 0 saturated carbocycles. The summed E-state index contributed by atoms with van der Waals surface area (Å²) >= 11 is 1.57. The van der Waals surface area contributed by atoms with Gasteiger partial charge in [0.05, 0.1) is 30.7 Å². The third-order valence-corrected chi connectivity index (χ3v) is 7.89. The van der Waals surface area contributed by atoms with Crippen molar-refractivity contribution in [3.8, 4) is 17.0 Å². The third-order valence-electron chi connectivity index (χ3n) is 6.89. The van der Waals surface area contributed by atoms with Crippen LogP contribution in [0.2, 0.25) is 0 Å². The van der Waals surface area contributed by atoms with E-state index in [0.717, 1.165) is 30.8 Å². The molecule has 1 aliphatic heterocycles. The molecule has 1 fully saturated rings. The standard InChI is InChI=1S/C28H30F2N10O2S/c1-17(2)43-20-4-5-24(42-28(29)30)21(12-20)25-23(34-27(41)22-13-33-39-11-3-8-32-26(22)39)16-38(36-25)14-18-15-40(37-35-18)19-6-9-31-10-7-19/h3-5,8,11-13,15-17,19,28,31H,6-7,9-10,14H2,1-2H3,(H,34,41). The van der Waals surface area contributed by atoms with Gasteiger partial charge in [-0.3, -0.25) is 9.48 Å². The molecule has 2 N–H and O–H groups in total. The van der Waals surface area contributed by atoms with Gasteiger partial charge in [-0.2, -0.15) is 19.0 Å². The van der Waals surface area contributed by atoms with Gasteiger partial charge in [-0.05, 0) is 50.2 Å². The largest absolute Gasteiger partial charge is 0.434 e. The number of amides is 1. The van der Waals surface area contributed by atoms with E-state index in [1.807, 2.05) is 24.7 Å². The molecule has 43 heavy (non-hydrogen) atoms. The van der Waals surface area contributed by atoms with Crippen molar-refractivity contribution in [2.45, 2.75) is 56.0 Å². The zero-order valence-electron chi connectivity index (χ0n) is 23.5. The van der Waals surface area contributed by atoms with Crippen LogP contribution in [0, 0.1) is 0 Å². The van der Waals surface area contributed by atoms with Crippen LogP contribution in [-0.2, 0) is 6.54 Å². The zero-order chi connectivity index (χ0) is 29.9. The maximum Gasteiger partial charge on any atom is 0.387 e. The van der Waals surface area contributed by atoms with Gasteiger partial charge in [0.15, 0.2) is 5.65 Å². The third kappa shape index (κ3) is 6.51. The van der Waals surface area contributed by atoms with E-state index in [-0.39, 0.29) is 34.8 Å². The number of nitrogens with zero attached hydrogens (tertiary/aromatic N) is 8. The first-order valence-corrected chi connectivity index (χ1v) is 14.8. The summed E-state index contributed by atoms with van der Waals surface area (Å²) in [5.74, 6) is -0.534. The van der Waals surface area contributed by atoms with E-state index in [2.05, 4.69) is 31.0 Å². The number of ether oxygens (including phenoxy) is 1. The molecule has 1 saturated heterocycles. The van der Waals surface area contributed by atoms with E-state index in [1.54, 1.807) is 53.2 Å². The van der Waals surface area contributed by atoms with E-state index in [4.69, 9.17) is 9.84 Å². The lowest BCUT2D eigenvalue weighted by Crippen LogP contribution is -2.29. The lowest BCUT2D eigenvalue weighted by atomic mass is 10.1. The highest BCUT2D eigenvalue weighted by Gasteiger charge is 2.23. The van der Waals surface area contributed by atoms with Gasteiger partial charge in [0.1, 0.15) is 22.7 Å². The van der Waals surface area contributed by atoms with Gasteiger partial charge < -0.3 is 15.4 Å². The topological polar surface area (TPSA) is 129 Å². The molecule has 1 aliphatic rings. The Morgan fingerprint density at radius 3 is 2.86 bits per heavy atom. The summed E-state index contributed by atoms with van der Waals surface area (Å²) < 4.78 is 36.8. The molecule has 1 amide bonds. The molecular weight excluding hydrogens is 578 g/mol. The minimum absolute atomic E-state index is 0.0571. The van der Waals surface area contributed by atoms with Crippen LogP contribution >= 0.6 is 11.8 Å². The number of alkyl halides is 2. The molecule has 5 heterocycles. The summed E-state index contributed by atoms with van der Waals surface area (Å²) in [6.07, 6.45) is 10.1. The van der Waals surface area contributed by atoms with Crippen molar-refractivity contribution in [1.82, 2.24) is 44.7 Å². The Morgan fingerprint density at radius 1 is 1.23 bits per heavy atom. The maximum absolute atomic E-state index is 13.5. The van der Waals surface area contributed by atoms with Crippen LogP contribution in [0.4, 0.5) is 14.5 Å². The minimum Gasteiger partial charge on any atom is -0.434 e. The van der Waals surface area contributed by atoms with Crippen LogP contribution < -0.4 is 15.4 Å². The molecule has 15 heteroatoms. The van der Waals surface area contributed by atoms with Gasteiger partial charge in [0, 0.05) is 34.3 Å². The summed E-state index contributed by atoms with van der Waals surface area (Å²) in [6, 6.07) is 6.94. The number of benzene rings is 1. The molecule has 0 spiro atoms. The second kappa shape index (κ2) is 12.5. The second-order valence-electron chi connectivity index (χ2n) is 10.4. The van der Waals surface area contributed by atoms with Crippen LogP contribution in [0.25, 0.3) is 16.9 Å². The molecule has 5 aromatic rings. The monoisotopic (exact) mass is 608 g/mol. The molecule has 224 valence electrons. The molecule has 12 nitrogen and oxygen atoms in total. The molecule has 0 atom stereocenters. The molecular formula is C28H30F2N10O2S. The van der Waals surface area contributed by atoms with Gasteiger partial charge in [0.2, 0.25) is 0 Å². The van der Waals surface area contributed by atoms with Gasteiger partial charge in [-0.15, -0.1) is 16.9 Å². The quantitative estimate of drug-likeness (QED) is 0.220. The molecule has 0 unspecified atom stereocenters. The Labute approximate surface area is 249 Å². The number of hydrogen-bond acceptors (Lipinski definition) is 9. The Balaban J connectivity index is 1.37. The lowest BCUT2D eigenvalue weighted by molar-refractivity contribution is -0.0494. The highest BCUT2D eigenvalue weighted by atomic mass is 32.2. The Morgan fingerprint density at radius 2 is 2.07 bits per heavy atom. The van der Waals surface area contributed by atoms with Crippen molar-refractivity contribution in [1.29, 1.82) is 0 Å². The van der Waals surface area contributed by atoms with E-state index in [0.29, 0.717) is 22.6 Å². The van der Waals surface area contributed by atoms with Gasteiger partial charge in [-0.25, -0.2) is 14.2 Å². The summed E-state index contributed by atoms with van der Waals surface area (Å²) in [6.45, 7) is 3.12. The van der Waals surface area contributed by atoms with Crippen LogP contribution in [0.5, 0.6) is 5.75 Å². The first-order valence-electron chi connectivity index (χ1n) is 13.9. The maximum atomic E-state index is 13.5. The number of carbonyl (C=O) groups excluding carboxylic acids is 1. The smallest absolute Gasteiger partial charge is 0.387 e. The number of carbonyl (C=O) groups is 1. The van der Waals surface area contributed by atoms with Gasteiger partial charge >= 0.3 is 6.61 Å². The number of aromatic nitrogens is 8. The highest BCUT2D eigenvalue weighted by Crippen LogP contribution is 2.39.